The van der Waals surface area contributed by atoms with Gasteiger partial charge in [-0.3, -0.25) is 9.78 Å². The van der Waals surface area contributed by atoms with Gasteiger partial charge in [0, 0.05) is 31.9 Å². The number of nitrogens with zero attached hydrogens (tertiary/aromatic N) is 2. The number of hydrogen-bond acceptors (Lipinski definition) is 3. The summed E-state index contributed by atoms with van der Waals surface area (Å²) in [5, 5.41) is 0. The topological polar surface area (TPSA) is 59.2 Å². The first kappa shape index (κ1) is 14.0. The van der Waals surface area contributed by atoms with Crippen LogP contribution < -0.4 is 5.73 Å². The summed E-state index contributed by atoms with van der Waals surface area (Å²) < 4.78 is 0. The summed E-state index contributed by atoms with van der Waals surface area (Å²) in [4.78, 5) is 18.2. The minimum Gasteiger partial charge on any atom is -0.336 e. The molecule has 1 atom stereocenters. The standard InChI is InChI=1S/C15H23N3O/c1-15(12-16)8-3-11-18(15)14(19)5-2-4-13-6-9-17-10-7-13/h6-7,9-10H,2-5,8,11-12,16H2,1H3. The Morgan fingerprint density at radius 1 is 1.47 bits per heavy atom. The highest BCUT2D eigenvalue weighted by Gasteiger charge is 2.37. The van der Waals surface area contributed by atoms with Crippen LogP contribution >= 0.6 is 0 Å². The highest BCUT2D eigenvalue weighted by molar-refractivity contribution is 5.77. The van der Waals surface area contributed by atoms with Crippen molar-refractivity contribution >= 4 is 5.91 Å². The summed E-state index contributed by atoms with van der Waals surface area (Å²) >= 11 is 0. The second-order valence-electron chi connectivity index (χ2n) is 5.56. The number of hydrogen-bond donors (Lipinski definition) is 1. The van der Waals surface area contributed by atoms with E-state index in [4.69, 9.17) is 5.73 Å². The first-order valence-electron chi connectivity index (χ1n) is 7.05. The molecule has 1 amide bonds. The van der Waals surface area contributed by atoms with E-state index in [1.54, 1.807) is 12.4 Å². The molecule has 1 fully saturated rings. The molecule has 1 unspecified atom stereocenters. The van der Waals surface area contributed by atoms with Crippen LogP contribution in [0.25, 0.3) is 0 Å². The van der Waals surface area contributed by atoms with Crippen molar-refractivity contribution in [2.24, 2.45) is 5.73 Å². The molecule has 104 valence electrons. The van der Waals surface area contributed by atoms with Crippen molar-refractivity contribution in [2.45, 2.75) is 44.6 Å². The zero-order valence-electron chi connectivity index (χ0n) is 11.6. The summed E-state index contributed by atoms with van der Waals surface area (Å²) in [6.45, 7) is 3.52. The van der Waals surface area contributed by atoms with E-state index in [1.807, 2.05) is 17.0 Å². The highest BCUT2D eigenvalue weighted by Crippen LogP contribution is 2.28. The van der Waals surface area contributed by atoms with E-state index in [1.165, 1.54) is 5.56 Å². The fourth-order valence-corrected chi connectivity index (χ4v) is 2.79. The molecule has 4 nitrogen and oxygen atoms in total. The lowest BCUT2D eigenvalue weighted by atomic mass is 9.98. The van der Waals surface area contributed by atoms with Gasteiger partial charge in [0.05, 0.1) is 5.54 Å². The predicted octanol–water partition coefficient (Wildman–Crippen LogP) is 1.74. The van der Waals surface area contributed by atoms with E-state index in [0.29, 0.717) is 13.0 Å². The number of amides is 1. The minimum absolute atomic E-state index is 0.117. The second-order valence-corrected chi connectivity index (χ2v) is 5.56. The smallest absolute Gasteiger partial charge is 0.223 e. The van der Waals surface area contributed by atoms with Crippen LogP contribution in [-0.2, 0) is 11.2 Å². The minimum atomic E-state index is -0.117. The van der Waals surface area contributed by atoms with Gasteiger partial charge in [-0.25, -0.2) is 0 Å². The van der Waals surface area contributed by atoms with Gasteiger partial charge in [-0.15, -0.1) is 0 Å². The molecule has 2 N–H and O–H groups in total. The van der Waals surface area contributed by atoms with Gasteiger partial charge in [0.25, 0.3) is 0 Å². The van der Waals surface area contributed by atoms with E-state index in [-0.39, 0.29) is 11.4 Å². The fraction of sp³-hybridized carbons (Fsp3) is 0.600. The fourth-order valence-electron chi connectivity index (χ4n) is 2.79. The van der Waals surface area contributed by atoms with Gasteiger partial charge in [0.1, 0.15) is 0 Å². The molecule has 2 heterocycles. The second kappa shape index (κ2) is 6.15. The maximum atomic E-state index is 12.3. The molecule has 1 aromatic rings. The van der Waals surface area contributed by atoms with Gasteiger partial charge in [-0.1, -0.05) is 0 Å². The lowest BCUT2D eigenvalue weighted by molar-refractivity contribution is -0.134. The molecule has 1 aliphatic rings. The number of aryl methyl sites for hydroxylation is 1. The van der Waals surface area contributed by atoms with Crippen LogP contribution in [0.2, 0.25) is 0 Å². The van der Waals surface area contributed by atoms with Gasteiger partial charge < -0.3 is 10.6 Å². The number of likely N-dealkylation sites (tertiary alicyclic amines) is 1. The van der Waals surface area contributed by atoms with Crippen molar-refractivity contribution in [3.63, 3.8) is 0 Å². The molecule has 0 aliphatic carbocycles. The maximum absolute atomic E-state index is 12.3. The van der Waals surface area contributed by atoms with Crippen molar-refractivity contribution in [2.75, 3.05) is 13.1 Å². The van der Waals surface area contributed by atoms with Crippen molar-refractivity contribution < 1.29 is 4.79 Å². The van der Waals surface area contributed by atoms with E-state index in [0.717, 1.165) is 32.2 Å². The monoisotopic (exact) mass is 261 g/mol. The van der Waals surface area contributed by atoms with Gasteiger partial charge in [-0.05, 0) is 50.3 Å². The summed E-state index contributed by atoms with van der Waals surface area (Å²) in [7, 11) is 0. The lowest BCUT2D eigenvalue weighted by Crippen LogP contribution is -2.49. The SMILES string of the molecule is CC1(CN)CCCN1C(=O)CCCc1ccncc1. The predicted molar refractivity (Wildman–Crippen MR) is 75.6 cm³/mol. The molecule has 0 spiro atoms. The zero-order valence-corrected chi connectivity index (χ0v) is 11.6. The van der Waals surface area contributed by atoms with E-state index in [2.05, 4.69) is 11.9 Å². The molecule has 0 saturated carbocycles. The van der Waals surface area contributed by atoms with Gasteiger partial charge in [0.2, 0.25) is 5.91 Å². The Kier molecular flexibility index (Phi) is 4.53. The number of carbonyl (C=O) groups is 1. The maximum Gasteiger partial charge on any atom is 0.223 e. The molecule has 19 heavy (non-hydrogen) atoms. The number of pyridine rings is 1. The van der Waals surface area contributed by atoms with Gasteiger partial charge in [-0.2, -0.15) is 0 Å². The van der Waals surface area contributed by atoms with Crippen molar-refractivity contribution in [3.05, 3.63) is 30.1 Å². The lowest BCUT2D eigenvalue weighted by Gasteiger charge is -2.34. The normalized spacial score (nSPS) is 22.7. The molecule has 1 aliphatic heterocycles. The Morgan fingerprint density at radius 2 is 2.21 bits per heavy atom. The van der Waals surface area contributed by atoms with Crippen molar-refractivity contribution in [3.8, 4) is 0 Å². The molecule has 2 rings (SSSR count). The molecule has 0 radical (unpaired) electrons. The van der Waals surface area contributed by atoms with E-state index in [9.17, 15) is 4.79 Å². The molecule has 0 aromatic carbocycles. The summed E-state index contributed by atoms with van der Waals surface area (Å²) in [5.74, 6) is 0.250. The third kappa shape index (κ3) is 3.32. The number of nitrogens with two attached hydrogens (primary N) is 1. The molecule has 0 bridgehead atoms. The average Bonchev–Trinajstić information content (AvgIpc) is 2.83. The van der Waals surface area contributed by atoms with Gasteiger partial charge >= 0.3 is 0 Å². The number of carbonyl (C=O) groups excluding carboxylic acids is 1. The zero-order chi connectivity index (χ0) is 13.7. The quantitative estimate of drug-likeness (QED) is 0.878. The van der Waals surface area contributed by atoms with Crippen molar-refractivity contribution in [1.29, 1.82) is 0 Å². The van der Waals surface area contributed by atoms with Crippen LogP contribution in [0.15, 0.2) is 24.5 Å². The van der Waals surface area contributed by atoms with Crippen molar-refractivity contribution in [1.82, 2.24) is 9.88 Å². The Morgan fingerprint density at radius 3 is 2.89 bits per heavy atom. The van der Waals surface area contributed by atoms with E-state index < -0.39 is 0 Å². The van der Waals surface area contributed by atoms with Crippen LogP contribution in [-0.4, -0.2) is 34.4 Å². The van der Waals surface area contributed by atoms with E-state index >= 15 is 0 Å². The van der Waals surface area contributed by atoms with Crippen LogP contribution in [0.4, 0.5) is 0 Å². The highest BCUT2D eigenvalue weighted by atomic mass is 16.2. The average molecular weight is 261 g/mol. The largest absolute Gasteiger partial charge is 0.336 e. The molecule has 1 aromatic heterocycles. The Balaban J connectivity index is 1.82. The van der Waals surface area contributed by atoms with Crippen LogP contribution in [0.5, 0.6) is 0 Å². The Bertz CT molecular complexity index is 421. The first-order valence-corrected chi connectivity index (χ1v) is 7.05. The number of rotatable bonds is 5. The summed E-state index contributed by atoms with van der Waals surface area (Å²) in [6.07, 6.45) is 8.12. The Hall–Kier alpha value is -1.42. The van der Waals surface area contributed by atoms with Crippen LogP contribution in [0, 0.1) is 0 Å². The Labute approximate surface area is 115 Å². The molecular formula is C15H23N3O. The molecular weight excluding hydrogens is 238 g/mol. The summed E-state index contributed by atoms with van der Waals surface area (Å²) in [6, 6.07) is 4.01. The van der Waals surface area contributed by atoms with Crippen LogP contribution in [0.1, 0.15) is 38.2 Å². The third-order valence-corrected chi connectivity index (χ3v) is 4.09. The molecule has 1 saturated heterocycles. The van der Waals surface area contributed by atoms with Gasteiger partial charge in [0.15, 0.2) is 0 Å². The number of aromatic nitrogens is 1. The summed E-state index contributed by atoms with van der Waals surface area (Å²) in [5.41, 5.74) is 6.94. The van der Waals surface area contributed by atoms with Crippen LogP contribution in [0.3, 0.4) is 0 Å². The third-order valence-electron chi connectivity index (χ3n) is 4.09. The molecule has 4 heteroatoms. The first-order chi connectivity index (χ1) is 9.15.